The fourth-order valence-corrected chi connectivity index (χ4v) is 1.85. The van der Waals surface area contributed by atoms with Gasteiger partial charge >= 0.3 is 0 Å². The summed E-state index contributed by atoms with van der Waals surface area (Å²) in [4.78, 5) is 11.2. The Hall–Kier alpha value is -1.97. The van der Waals surface area contributed by atoms with Crippen LogP contribution in [0.4, 0.5) is 0 Å². The number of carbonyl (C=O) groups is 1. The van der Waals surface area contributed by atoms with Crippen LogP contribution in [0.2, 0.25) is 0 Å². The van der Waals surface area contributed by atoms with E-state index >= 15 is 0 Å². The number of rotatable bonds is 4. The van der Waals surface area contributed by atoms with Crippen molar-refractivity contribution in [1.29, 1.82) is 0 Å². The Morgan fingerprint density at radius 1 is 1.41 bits per heavy atom. The summed E-state index contributed by atoms with van der Waals surface area (Å²) in [6.45, 7) is 0.690. The zero-order chi connectivity index (χ0) is 12.3. The third kappa shape index (κ3) is 2.41. The van der Waals surface area contributed by atoms with E-state index < -0.39 is 0 Å². The second-order valence-corrected chi connectivity index (χ2v) is 3.86. The summed E-state index contributed by atoms with van der Waals surface area (Å²) in [6, 6.07) is 7.96. The van der Waals surface area contributed by atoms with Crippen LogP contribution in [0.1, 0.15) is 6.42 Å². The van der Waals surface area contributed by atoms with Crippen molar-refractivity contribution in [3.8, 4) is 5.75 Å². The number of nitrogens with zero attached hydrogens (tertiary/aromatic N) is 1. The Morgan fingerprint density at radius 3 is 2.94 bits per heavy atom. The molecule has 0 spiro atoms. The fraction of sp³-hybridized carbons (Fsp3) is 0.308. The number of nitrogens with one attached hydrogen (secondary N) is 1. The number of hydrogen-bond acceptors (Lipinski definition) is 2. The summed E-state index contributed by atoms with van der Waals surface area (Å²) in [5.74, 6) is 0.905. The predicted octanol–water partition coefficient (Wildman–Crippen LogP) is 1.79. The lowest BCUT2D eigenvalue weighted by molar-refractivity contribution is -0.120. The molecule has 0 bridgehead atoms. The van der Waals surface area contributed by atoms with E-state index in [4.69, 9.17) is 4.74 Å². The van der Waals surface area contributed by atoms with Gasteiger partial charge in [0.1, 0.15) is 5.75 Å². The highest BCUT2D eigenvalue weighted by molar-refractivity contribution is 5.82. The lowest BCUT2D eigenvalue weighted by atomic mass is 10.2. The second-order valence-electron chi connectivity index (χ2n) is 3.86. The molecule has 0 radical (unpaired) electrons. The van der Waals surface area contributed by atoms with E-state index in [9.17, 15) is 4.79 Å². The highest BCUT2D eigenvalue weighted by Crippen LogP contribution is 2.21. The number of hydrogen-bond donors (Lipinski definition) is 1. The normalized spacial score (nSPS) is 10.5. The highest BCUT2D eigenvalue weighted by atomic mass is 16.5. The molecule has 0 saturated heterocycles. The molecule has 0 aliphatic rings. The van der Waals surface area contributed by atoms with Gasteiger partial charge in [-0.25, -0.2) is 0 Å². The van der Waals surface area contributed by atoms with Gasteiger partial charge in [-0.15, -0.1) is 0 Å². The summed E-state index contributed by atoms with van der Waals surface area (Å²) in [7, 11) is 3.31. The average Bonchev–Trinajstić information content (AvgIpc) is 2.77. The number of aryl methyl sites for hydroxylation is 1. The number of fused-ring (bicyclic) bond motifs is 1. The third-order valence-corrected chi connectivity index (χ3v) is 2.84. The van der Waals surface area contributed by atoms with Crippen molar-refractivity contribution in [2.24, 2.45) is 0 Å². The Balaban J connectivity index is 2.21. The minimum atomic E-state index is 0.0559. The van der Waals surface area contributed by atoms with Gasteiger partial charge in [0.25, 0.3) is 0 Å². The van der Waals surface area contributed by atoms with Gasteiger partial charge in [0.15, 0.2) is 0 Å². The molecule has 1 heterocycles. The number of carbonyl (C=O) groups excluding carboxylic acids is 1. The first kappa shape index (κ1) is 11.5. The molecule has 0 atom stereocenters. The molecule has 0 aliphatic carbocycles. The van der Waals surface area contributed by atoms with E-state index in [0.717, 1.165) is 16.7 Å². The van der Waals surface area contributed by atoms with Crippen LogP contribution in [0.25, 0.3) is 10.9 Å². The van der Waals surface area contributed by atoms with E-state index in [-0.39, 0.29) is 5.91 Å². The van der Waals surface area contributed by atoms with Crippen LogP contribution >= 0.6 is 0 Å². The van der Waals surface area contributed by atoms with Crippen LogP contribution < -0.4 is 10.1 Å². The molecule has 17 heavy (non-hydrogen) atoms. The molecule has 0 unspecified atom stereocenters. The van der Waals surface area contributed by atoms with Crippen molar-refractivity contribution in [3.05, 3.63) is 30.5 Å². The Kier molecular flexibility index (Phi) is 3.32. The smallest absolute Gasteiger partial charge is 0.221 e. The lowest BCUT2D eigenvalue weighted by Crippen LogP contribution is -2.19. The third-order valence-electron chi connectivity index (χ3n) is 2.84. The van der Waals surface area contributed by atoms with E-state index in [2.05, 4.69) is 9.88 Å². The SMILES string of the molecule is CNC(=O)CCn1ccc2cc(OC)ccc21. The first-order chi connectivity index (χ1) is 8.24. The maximum absolute atomic E-state index is 11.2. The molecule has 2 aromatic rings. The minimum Gasteiger partial charge on any atom is -0.497 e. The monoisotopic (exact) mass is 232 g/mol. The molecule has 0 fully saturated rings. The summed E-state index contributed by atoms with van der Waals surface area (Å²) in [5.41, 5.74) is 1.12. The van der Waals surface area contributed by atoms with E-state index in [1.165, 1.54) is 0 Å². The van der Waals surface area contributed by atoms with Gasteiger partial charge in [-0.1, -0.05) is 0 Å². The van der Waals surface area contributed by atoms with Gasteiger partial charge in [-0.05, 0) is 24.3 Å². The van der Waals surface area contributed by atoms with E-state index in [0.29, 0.717) is 13.0 Å². The van der Waals surface area contributed by atoms with Gasteiger partial charge in [0.05, 0.1) is 7.11 Å². The van der Waals surface area contributed by atoms with Crippen LogP contribution in [0.15, 0.2) is 30.5 Å². The maximum atomic E-state index is 11.2. The van der Waals surface area contributed by atoms with Crippen molar-refractivity contribution in [1.82, 2.24) is 9.88 Å². The predicted molar refractivity (Wildman–Crippen MR) is 67.2 cm³/mol. The average molecular weight is 232 g/mol. The van der Waals surface area contributed by atoms with Crippen LogP contribution in [0.3, 0.4) is 0 Å². The largest absolute Gasteiger partial charge is 0.497 e. The fourth-order valence-electron chi connectivity index (χ4n) is 1.85. The lowest BCUT2D eigenvalue weighted by Gasteiger charge is -2.05. The Labute approximate surface area is 100 Å². The van der Waals surface area contributed by atoms with Crippen molar-refractivity contribution >= 4 is 16.8 Å². The van der Waals surface area contributed by atoms with Crippen LogP contribution in [-0.4, -0.2) is 24.6 Å². The first-order valence-electron chi connectivity index (χ1n) is 5.58. The molecule has 4 heteroatoms. The van der Waals surface area contributed by atoms with Gasteiger partial charge in [-0.2, -0.15) is 0 Å². The second kappa shape index (κ2) is 4.91. The number of aromatic nitrogens is 1. The van der Waals surface area contributed by atoms with Crippen molar-refractivity contribution in [3.63, 3.8) is 0 Å². The molecule has 0 saturated carbocycles. The number of ether oxygens (including phenoxy) is 1. The van der Waals surface area contributed by atoms with Crippen LogP contribution in [0, 0.1) is 0 Å². The molecule has 1 aromatic carbocycles. The Morgan fingerprint density at radius 2 is 2.24 bits per heavy atom. The first-order valence-corrected chi connectivity index (χ1v) is 5.58. The zero-order valence-corrected chi connectivity index (χ0v) is 10.1. The summed E-state index contributed by atoms with van der Waals surface area (Å²) in [5, 5.41) is 3.75. The van der Waals surface area contributed by atoms with E-state index in [1.807, 2.05) is 30.5 Å². The molecular formula is C13H16N2O2. The van der Waals surface area contributed by atoms with E-state index in [1.54, 1.807) is 14.2 Å². The van der Waals surface area contributed by atoms with Gasteiger partial charge in [-0.3, -0.25) is 4.79 Å². The zero-order valence-electron chi connectivity index (χ0n) is 10.1. The molecule has 2 rings (SSSR count). The molecule has 1 N–H and O–H groups in total. The molecule has 1 amide bonds. The number of methoxy groups -OCH3 is 1. The summed E-state index contributed by atoms with van der Waals surface area (Å²) >= 11 is 0. The molecular weight excluding hydrogens is 216 g/mol. The highest BCUT2D eigenvalue weighted by Gasteiger charge is 2.04. The minimum absolute atomic E-state index is 0.0559. The molecule has 0 aliphatic heterocycles. The molecule has 90 valence electrons. The van der Waals surface area contributed by atoms with Gasteiger partial charge in [0, 0.05) is 37.1 Å². The van der Waals surface area contributed by atoms with Gasteiger partial charge < -0.3 is 14.6 Å². The number of amides is 1. The standard InChI is InChI=1S/C13H16N2O2/c1-14-13(16)6-8-15-7-5-10-9-11(17-2)3-4-12(10)15/h3-5,7,9H,6,8H2,1-2H3,(H,14,16). The van der Waals surface area contributed by atoms with Crippen molar-refractivity contribution in [2.75, 3.05) is 14.2 Å². The summed E-state index contributed by atoms with van der Waals surface area (Å²) < 4.78 is 7.25. The molecule has 4 nitrogen and oxygen atoms in total. The topological polar surface area (TPSA) is 43.3 Å². The number of benzene rings is 1. The maximum Gasteiger partial charge on any atom is 0.221 e. The van der Waals surface area contributed by atoms with Crippen LogP contribution in [-0.2, 0) is 11.3 Å². The van der Waals surface area contributed by atoms with Crippen molar-refractivity contribution in [2.45, 2.75) is 13.0 Å². The van der Waals surface area contributed by atoms with Gasteiger partial charge in [0.2, 0.25) is 5.91 Å². The Bertz CT molecular complexity index is 531. The summed E-state index contributed by atoms with van der Waals surface area (Å²) in [6.07, 6.45) is 2.49. The quantitative estimate of drug-likeness (QED) is 0.873. The van der Waals surface area contributed by atoms with Crippen LogP contribution in [0.5, 0.6) is 5.75 Å². The van der Waals surface area contributed by atoms with Crippen molar-refractivity contribution < 1.29 is 9.53 Å². The molecule has 1 aromatic heterocycles.